The highest BCUT2D eigenvalue weighted by atomic mass is 16.1. The lowest BCUT2D eigenvalue weighted by molar-refractivity contribution is 1.07. The predicted molar refractivity (Wildman–Crippen MR) is 42.7 cm³/mol. The number of rotatable bonds is 0. The quantitative estimate of drug-likeness (QED) is 0.592. The summed E-state index contributed by atoms with van der Waals surface area (Å²) in [6.07, 6.45) is 2.93. The topological polar surface area (TPSA) is 71.5 Å². The first-order valence-electron chi connectivity index (χ1n) is 3.44. The molecule has 0 spiro atoms. The molecule has 2 rings (SSSR count). The van der Waals surface area contributed by atoms with Gasteiger partial charge in [-0.2, -0.15) is 0 Å². The number of aromatic nitrogens is 4. The molecule has 0 amide bonds. The highest BCUT2D eigenvalue weighted by Crippen LogP contribution is 1.98. The molecule has 0 bridgehead atoms. The summed E-state index contributed by atoms with van der Waals surface area (Å²) in [5, 5.41) is 0. The van der Waals surface area contributed by atoms with Crippen molar-refractivity contribution < 1.29 is 0 Å². The summed E-state index contributed by atoms with van der Waals surface area (Å²) in [6, 6.07) is 0. The van der Waals surface area contributed by atoms with Crippen molar-refractivity contribution in [3.63, 3.8) is 0 Å². The van der Waals surface area contributed by atoms with Crippen LogP contribution in [0.25, 0.3) is 11.2 Å². The van der Waals surface area contributed by atoms with Crippen LogP contribution in [0.3, 0.4) is 0 Å². The smallest absolute Gasteiger partial charge is 0.270 e. The second-order valence-electron chi connectivity index (χ2n) is 2.41. The molecular weight excluding hydrogens is 156 g/mol. The monoisotopic (exact) mass is 162 g/mol. The van der Waals surface area contributed by atoms with Gasteiger partial charge in [-0.05, 0) is 6.92 Å². The average molecular weight is 162 g/mol. The second-order valence-corrected chi connectivity index (χ2v) is 2.41. The van der Waals surface area contributed by atoms with Gasteiger partial charge in [-0.1, -0.05) is 0 Å². The molecule has 0 saturated heterocycles. The van der Waals surface area contributed by atoms with E-state index in [-0.39, 0.29) is 5.56 Å². The summed E-state index contributed by atoms with van der Waals surface area (Å²) in [6.45, 7) is 1.64. The molecule has 0 aromatic carbocycles. The van der Waals surface area contributed by atoms with Crippen molar-refractivity contribution >= 4 is 11.2 Å². The maximum atomic E-state index is 11.1. The van der Waals surface area contributed by atoms with Gasteiger partial charge in [0.05, 0.1) is 6.20 Å². The molecule has 2 aromatic rings. The van der Waals surface area contributed by atoms with Crippen LogP contribution in [-0.2, 0) is 0 Å². The van der Waals surface area contributed by atoms with E-state index in [1.165, 1.54) is 6.33 Å². The molecule has 0 radical (unpaired) electrons. The second kappa shape index (κ2) is 2.37. The summed E-state index contributed by atoms with van der Waals surface area (Å²) >= 11 is 0. The number of fused-ring (bicyclic) bond motifs is 1. The first-order valence-corrected chi connectivity index (χ1v) is 3.44. The van der Waals surface area contributed by atoms with Crippen molar-refractivity contribution in [3.05, 3.63) is 28.6 Å². The highest BCUT2D eigenvalue weighted by molar-refractivity contribution is 5.67. The Labute approximate surface area is 67.5 Å². The molecule has 0 atom stereocenters. The number of nitrogens with one attached hydrogen (secondary N) is 1. The standard InChI is InChI=1S/C7H6N4O/c1-4-7(12)11-6-5(10-4)2-8-3-9-6/h2-3H,1H3,(H,8,9,11,12). The van der Waals surface area contributed by atoms with Crippen LogP contribution < -0.4 is 5.56 Å². The average Bonchev–Trinajstić information content (AvgIpc) is 2.07. The first kappa shape index (κ1) is 6.90. The molecule has 0 fully saturated rings. The summed E-state index contributed by atoms with van der Waals surface area (Å²) in [5.74, 6) is 0. The third-order valence-electron chi connectivity index (χ3n) is 1.54. The lowest BCUT2D eigenvalue weighted by Gasteiger charge is -1.94. The van der Waals surface area contributed by atoms with Crippen molar-refractivity contribution in [3.8, 4) is 0 Å². The van der Waals surface area contributed by atoms with Crippen molar-refractivity contribution in [1.29, 1.82) is 0 Å². The maximum Gasteiger partial charge on any atom is 0.270 e. The van der Waals surface area contributed by atoms with E-state index >= 15 is 0 Å². The van der Waals surface area contributed by atoms with Gasteiger partial charge < -0.3 is 4.98 Å². The van der Waals surface area contributed by atoms with E-state index in [1.54, 1.807) is 13.1 Å². The van der Waals surface area contributed by atoms with Crippen molar-refractivity contribution in [1.82, 2.24) is 19.9 Å². The number of nitrogens with zero attached hydrogens (tertiary/aromatic N) is 3. The highest BCUT2D eigenvalue weighted by Gasteiger charge is 1.99. The van der Waals surface area contributed by atoms with E-state index in [9.17, 15) is 4.79 Å². The lowest BCUT2D eigenvalue weighted by atomic mass is 10.4. The Morgan fingerprint density at radius 2 is 2.33 bits per heavy atom. The Morgan fingerprint density at radius 1 is 1.50 bits per heavy atom. The van der Waals surface area contributed by atoms with Crippen molar-refractivity contribution in [2.75, 3.05) is 0 Å². The van der Waals surface area contributed by atoms with Crippen LogP contribution in [0.4, 0.5) is 0 Å². The van der Waals surface area contributed by atoms with Gasteiger partial charge in [-0.3, -0.25) is 4.79 Å². The molecule has 5 nitrogen and oxygen atoms in total. The molecule has 2 heterocycles. The van der Waals surface area contributed by atoms with Crippen molar-refractivity contribution in [2.24, 2.45) is 0 Å². The van der Waals surface area contributed by atoms with Gasteiger partial charge in [-0.15, -0.1) is 0 Å². The van der Waals surface area contributed by atoms with E-state index in [0.29, 0.717) is 16.9 Å². The molecule has 2 aromatic heterocycles. The minimum Gasteiger partial charge on any atom is -0.304 e. The number of hydrogen-bond donors (Lipinski definition) is 1. The fraction of sp³-hybridized carbons (Fsp3) is 0.143. The molecule has 5 heteroatoms. The fourth-order valence-corrected chi connectivity index (χ4v) is 0.930. The number of hydrogen-bond acceptors (Lipinski definition) is 4. The van der Waals surface area contributed by atoms with Crippen LogP contribution in [0.2, 0.25) is 0 Å². The Balaban J connectivity index is 2.93. The molecule has 60 valence electrons. The number of H-pyrrole nitrogens is 1. The number of aromatic amines is 1. The van der Waals surface area contributed by atoms with Crippen LogP contribution in [0.5, 0.6) is 0 Å². The van der Waals surface area contributed by atoms with Gasteiger partial charge in [0, 0.05) is 0 Å². The van der Waals surface area contributed by atoms with E-state index < -0.39 is 0 Å². The zero-order chi connectivity index (χ0) is 8.55. The molecule has 0 saturated carbocycles. The minimum atomic E-state index is -0.207. The summed E-state index contributed by atoms with van der Waals surface area (Å²) in [4.78, 5) is 25.3. The zero-order valence-corrected chi connectivity index (χ0v) is 6.40. The Kier molecular flexibility index (Phi) is 1.36. The van der Waals surface area contributed by atoms with Crippen LogP contribution in [0.1, 0.15) is 5.69 Å². The molecule has 0 aliphatic carbocycles. The molecular formula is C7H6N4O. The molecule has 1 N–H and O–H groups in total. The van der Waals surface area contributed by atoms with Gasteiger partial charge in [0.1, 0.15) is 17.5 Å². The third kappa shape index (κ3) is 0.952. The van der Waals surface area contributed by atoms with Crippen LogP contribution in [0.15, 0.2) is 17.3 Å². The first-order chi connectivity index (χ1) is 5.77. The molecule has 0 aliphatic rings. The van der Waals surface area contributed by atoms with E-state index in [0.717, 1.165) is 0 Å². The fourth-order valence-electron chi connectivity index (χ4n) is 0.930. The van der Waals surface area contributed by atoms with Crippen LogP contribution in [0, 0.1) is 6.92 Å². The third-order valence-corrected chi connectivity index (χ3v) is 1.54. The Bertz CT molecular complexity index is 476. The van der Waals surface area contributed by atoms with Crippen LogP contribution >= 0.6 is 0 Å². The Morgan fingerprint density at radius 3 is 3.17 bits per heavy atom. The van der Waals surface area contributed by atoms with Gasteiger partial charge in [0.2, 0.25) is 0 Å². The van der Waals surface area contributed by atoms with E-state index in [2.05, 4.69) is 19.9 Å². The zero-order valence-electron chi connectivity index (χ0n) is 6.40. The largest absolute Gasteiger partial charge is 0.304 e. The van der Waals surface area contributed by atoms with Gasteiger partial charge in [0.15, 0.2) is 5.65 Å². The maximum absolute atomic E-state index is 11.1. The number of aryl methyl sites for hydroxylation is 1. The summed E-state index contributed by atoms with van der Waals surface area (Å²) in [5.41, 5.74) is 1.30. The van der Waals surface area contributed by atoms with Gasteiger partial charge in [-0.25, -0.2) is 15.0 Å². The minimum absolute atomic E-state index is 0.207. The predicted octanol–water partition coefficient (Wildman–Crippen LogP) is 0.0215. The van der Waals surface area contributed by atoms with E-state index in [1.807, 2.05) is 0 Å². The van der Waals surface area contributed by atoms with E-state index in [4.69, 9.17) is 0 Å². The van der Waals surface area contributed by atoms with Crippen LogP contribution in [-0.4, -0.2) is 19.9 Å². The molecule has 0 unspecified atom stereocenters. The van der Waals surface area contributed by atoms with Crippen molar-refractivity contribution in [2.45, 2.75) is 6.92 Å². The molecule has 0 aliphatic heterocycles. The lowest BCUT2D eigenvalue weighted by Crippen LogP contribution is -2.12. The Hall–Kier alpha value is -1.78. The summed E-state index contributed by atoms with van der Waals surface area (Å²) in [7, 11) is 0. The molecule has 12 heavy (non-hydrogen) atoms. The summed E-state index contributed by atoms with van der Waals surface area (Å²) < 4.78 is 0. The SMILES string of the molecule is Cc1nc2cncnc2[nH]c1=O. The van der Waals surface area contributed by atoms with Gasteiger partial charge >= 0.3 is 0 Å². The van der Waals surface area contributed by atoms with Gasteiger partial charge in [0.25, 0.3) is 5.56 Å². The normalized spacial score (nSPS) is 10.4.